The van der Waals surface area contributed by atoms with Crippen molar-refractivity contribution in [1.82, 2.24) is 0 Å². The Labute approximate surface area is 147 Å². The van der Waals surface area contributed by atoms with Gasteiger partial charge in [-0.2, -0.15) is 11.8 Å². The number of quaternary nitrogens is 1. The Balaban J connectivity index is 1.67. The van der Waals surface area contributed by atoms with Crippen LogP contribution in [0.5, 0.6) is 5.75 Å². The van der Waals surface area contributed by atoms with E-state index in [1.54, 1.807) is 12.1 Å². The number of nitrogens with zero attached hydrogens (tertiary/aromatic N) is 1. The van der Waals surface area contributed by atoms with Gasteiger partial charge in [-0.3, -0.25) is 9.59 Å². The summed E-state index contributed by atoms with van der Waals surface area (Å²) in [4.78, 5) is 27.8. The topological polar surface area (TPSA) is 51.0 Å². The third kappa shape index (κ3) is 3.75. The van der Waals surface area contributed by atoms with Crippen LogP contribution in [0.15, 0.2) is 24.3 Å². The molecule has 0 unspecified atom stereocenters. The molecule has 2 fully saturated rings. The average molecular weight is 349 g/mol. The van der Waals surface area contributed by atoms with E-state index in [2.05, 4.69) is 6.92 Å². The first-order valence-corrected chi connectivity index (χ1v) is 9.88. The maximum absolute atomic E-state index is 12.8. The zero-order chi connectivity index (χ0) is 16.9. The predicted molar refractivity (Wildman–Crippen MR) is 95.8 cm³/mol. The van der Waals surface area contributed by atoms with Crippen molar-refractivity contribution in [3.05, 3.63) is 24.3 Å². The van der Waals surface area contributed by atoms with Crippen molar-refractivity contribution in [1.29, 1.82) is 0 Å². The summed E-state index contributed by atoms with van der Waals surface area (Å²) in [6.45, 7) is 4.74. The number of anilines is 1. The van der Waals surface area contributed by atoms with Crippen LogP contribution in [0.1, 0.15) is 26.2 Å². The molecule has 130 valence electrons. The average Bonchev–Trinajstić information content (AvgIpc) is 2.91. The molecule has 3 rings (SSSR count). The van der Waals surface area contributed by atoms with Crippen LogP contribution in [0.25, 0.3) is 0 Å². The summed E-state index contributed by atoms with van der Waals surface area (Å²) < 4.78 is 5.64. The molecule has 0 radical (unpaired) electrons. The van der Waals surface area contributed by atoms with E-state index >= 15 is 0 Å². The number of unbranched alkanes of at least 4 members (excludes halogenated alkanes) is 1. The van der Waals surface area contributed by atoms with Gasteiger partial charge in [0.05, 0.1) is 31.8 Å². The maximum Gasteiger partial charge on any atom is 0.292 e. The van der Waals surface area contributed by atoms with Gasteiger partial charge in [0, 0.05) is 11.5 Å². The largest absolute Gasteiger partial charge is 0.494 e. The highest BCUT2D eigenvalue weighted by molar-refractivity contribution is 7.99. The Hall–Kier alpha value is -1.53. The van der Waals surface area contributed by atoms with Gasteiger partial charge in [0.1, 0.15) is 5.75 Å². The summed E-state index contributed by atoms with van der Waals surface area (Å²) in [6, 6.07) is 7.08. The van der Waals surface area contributed by atoms with Crippen molar-refractivity contribution in [3.63, 3.8) is 0 Å². The molecule has 2 aliphatic rings. The number of hydrogen-bond donors (Lipinski definition) is 1. The molecule has 2 saturated heterocycles. The van der Waals surface area contributed by atoms with Crippen molar-refractivity contribution in [2.24, 2.45) is 0 Å². The van der Waals surface area contributed by atoms with E-state index in [-0.39, 0.29) is 17.9 Å². The standard InChI is InChI=1S/C18H24N2O3S/c1-2-3-10-23-15-6-4-14(5-7-15)20-17(21)13-16(18(20)22)19-8-11-24-12-9-19/h4-7,16H,2-3,8-13H2,1H3/p+1/t16-/m0/s1. The molecule has 1 N–H and O–H groups in total. The molecule has 6 heteroatoms. The van der Waals surface area contributed by atoms with Gasteiger partial charge in [0.25, 0.3) is 5.91 Å². The predicted octanol–water partition coefficient (Wildman–Crippen LogP) is 1.13. The highest BCUT2D eigenvalue weighted by Gasteiger charge is 2.45. The van der Waals surface area contributed by atoms with Crippen LogP contribution in [0.2, 0.25) is 0 Å². The fraction of sp³-hybridized carbons (Fsp3) is 0.556. The Morgan fingerprint density at radius 3 is 2.58 bits per heavy atom. The van der Waals surface area contributed by atoms with E-state index in [1.807, 2.05) is 23.9 Å². The number of hydrogen-bond acceptors (Lipinski definition) is 4. The molecule has 24 heavy (non-hydrogen) atoms. The lowest BCUT2D eigenvalue weighted by atomic mass is 10.2. The number of carbonyl (C=O) groups excluding carboxylic acids is 2. The van der Waals surface area contributed by atoms with Gasteiger partial charge in [-0.1, -0.05) is 13.3 Å². The Morgan fingerprint density at radius 2 is 1.92 bits per heavy atom. The van der Waals surface area contributed by atoms with E-state index in [0.717, 1.165) is 43.2 Å². The Morgan fingerprint density at radius 1 is 1.21 bits per heavy atom. The van der Waals surface area contributed by atoms with E-state index in [1.165, 1.54) is 9.80 Å². The molecule has 1 aromatic carbocycles. The van der Waals surface area contributed by atoms with Gasteiger partial charge >= 0.3 is 0 Å². The zero-order valence-electron chi connectivity index (χ0n) is 14.1. The fourth-order valence-corrected chi connectivity index (χ4v) is 4.25. The Kier molecular flexibility index (Phi) is 5.79. The molecule has 2 amide bonds. The smallest absolute Gasteiger partial charge is 0.292 e. The van der Waals surface area contributed by atoms with Crippen LogP contribution in [0, 0.1) is 0 Å². The second-order valence-electron chi connectivity index (χ2n) is 6.29. The molecule has 0 aliphatic carbocycles. The number of benzene rings is 1. The summed E-state index contributed by atoms with van der Waals surface area (Å²) in [6.07, 6.45) is 2.44. The summed E-state index contributed by atoms with van der Waals surface area (Å²) in [5.41, 5.74) is 0.654. The number of carbonyl (C=O) groups is 2. The zero-order valence-corrected chi connectivity index (χ0v) is 14.9. The van der Waals surface area contributed by atoms with Crippen molar-refractivity contribution in [2.45, 2.75) is 32.2 Å². The number of thioether (sulfide) groups is 1. The van der Waals surface area contributed by atoms with Crippen LogP contribution in [-0.2, 0) is 9.59 Å². The van der Waals surface area contributed by atoms with Crippen molar-refractivity contribution in [2.75, 3.05) is 36.1 Å². The molecule has 5 nitrogen and oxygen atoms in total. The molecule has 1 aromatic rings. The second-order valence-corrected chi connectivity index (χ2v) is 7.52. The lowest BCUT2D eigenvalue weighted by Gasteiger charge is -2.27. The first-order chi connectivity index (χ1) is 11.7. The molecule has 2 aliphatic heterocycles. The van der Waals surface area contributed by atoms with Gasteiger partial charge in [0.15, 0.2) is 6.04 Å². The summed E-state index contributed by atoms with van der Waals surface area (Å²) in [7, 11) is 0. The third-order valence-corrected chi connectivity index (χ3v) is 5.62. The Bertz CT molecular complexity index is 584. The molecular weight excluding hydrogens is 324 g/mol. The number of rotatable bonds is 6. The van der Waals surface area contributed by atoms with Crippen molar-refractivity contribution < 1.29 is 19.2 Å². The van der Waals surface area contributed by atoms with Crippen LogP contribution >= 0.6 is 11.8 Å². The van der Waals surface area contributed by atoms with Gasteiger partial charge in [-0.05, 0) is 30.7 Å². The molecular formula is C18H25N2O3S+. The SMILES string of the molecule is CCCCOc1ccc(N2C(=O)C[C@H]([NH+]3CCSCC3)C2=O)cc1. The van der Waals surface area contributed by atoms with Crippen molar-refractivity contribution in [3.8, 4) is 5.75 Å². The monoisotopic (exact) mass is 349 g/mol. The van der Waals surface area contributed by atoms with Gasteiger partial charge in [-0.25, -0.2) is 4.90 Å². The minimum Gasteiger partial charge on any atom is -0.494 e. The second kappa shape index (κ2) is 8.03. The maximum atomic E-state index is 12.8. The first-order valence-electron chi connectivity index (χ1n) is 8.72. The minimum absolute atomic E-state index is 0.0541. The highest BCUT2D eigenvalue weighted by Crippen LogP contribution is 2.25. The molecule has 0 spiro atoms. The molecule has 1 atom stereocenters. The lowest BCUT2D eigenvalue weighted by molar-refractivity contribution is -0.911. The summed E-state index contributed by atoms with van der Waals surface area (Å²) >= 11 is 1.92. The van der Waals surface area contributed by atoms with E-state index < -0.39 is 0 Å². The molecule has 0 saturated carbocycles. The quantitative estimate of drug-likeness (QED) is 0.618. The van der Waals surface area contributed by atoms with Gasteiger partial charge in [0.2, 0.25) is 5.91 Å². The normalized spacial score (nSPS) is 22.2. The third-order valence-electron chi connectivity index (χ3n) is 4.64. The molecule has 2 heterocycles. The van der Waals surface area contributed by atoms with E-state index in [9.17, 15) is 9.59 Å². The van der Waals surface area contributed by atoms with Crippen LogP contribution < -0.4 is 14.5 Å². The van der Waals surface area contributed by atoms with Crippen molar-refractivity contribution >= 4 is 29.3 Å². The fourth-order valence-electron chi connectivity index (χ4n) is 3.23. The number of imide groups is 1. The minimum atomic E-state index is -0.209. The molecule has 0 aromatic heterocycles. The van der Waals surface area contributed by atoms with E-state index in [4.69, 9.17) is 4.74 Å². The summed E-state index contributed by atoms with van der Waals surface area (Å²) in [5, 5.41) is 0. The highest BCUT2D eigenvalue weighted by atomic mass is 32.2. The number of amides is 2. The first kappa shape index (κ1) is 17.3. The summed E-state index contributed by atoms with van der Waals surface area (Å²) in [5.74, 6) is 2.77. The van der Waals surface area contributed by atoms with Gasteiger partial charge < -0.3 is 9.64 Å². The number of ether oxygens (including phenoxy) is 1. The number of nitrogens with one attached hydrogen (secondary N) is 1. The van der Waals surface area contributed by atoms with Gasteiger partial charge in [-0.15, -0.1) is 0 Å². The lowest BCUT2D eigenvalue weighted by Crippen LogP contribution is -3.18. The van der Waals surface area contributed by atoms with E-state index in [0.29, 0.717) is 18.7 Å². The molecule has 0 bridgehead atoms. The van der Waals surface area contributed by atoms with Crippen LogP contribution in [0.3, 0.4) is 0 Å². The van der Waals surface area contributed by atoms with Crippen LogP contribution in [-0.4, -0.2) is 49.1 Å². The van der Waals surface area contributed by atoms with Crippen LogP contribution in [0.4, 0.5) is 5.69 Å².